The van der Waals surface area contributed by atoms with Gasteiger partial charge in [-0.25, -0.2) is 4.98 Å². The lowest BCUT2D eigenvalue weighted by Crippen LogP contribution is -2.67. The van der Waals surface area contributed by atoms with Gasteiger partial charge in [-0.2, -0.15) is 0 Å². The largest absolute Gasteiger partial charge is 0.508 e. The predicted octanol–water partition coefficient (Wildman–Crippen LogP) is -3.30. The zero-order valence-corrected chi connectivity index (χ0v) is 75.4. The molecular weight excluding hydrogens is 1720 g/mol. The summed E-state index contributed by atoms with van der Waals surface area (Å²) in [4.78, 5) is 264. The summed E-state index contributed by atoms with van der Waals surface area (Å²) in [5.41, 5.74) is 11.8. The molecule has 2 unspecified atom stereocenters. The monoisotopic (exact) mass is 1840 g/mol. The Morgan fingerprint density at radius 2 is 1.31 bits per heavy atom. The van der Waals surface area contributed by atoms with E-state index in [1.807, 2.05) is 6.92 Å². The number of fused-ring (bicyclic) bond motifs is 14. The van der Waals surface area contributed by atoms with Gasteiger partial charge in [-0.1, -0.05) is 90.3 Å². The van der Waals surface area contributed by atoms with Crippen LogP contribution in [0.1, 0.15) is 139 Å². The van der Waals surface area contributed by atoms with Gasteiger partial charge in [0.15, 0.2) is 11.9 Å². The molecule has 3 fully saturated rings. The lowest BCUT2D eigenvalue weighted by atomic mass is 9.97. The Morgan fingerprint density at radius 3 is 1.95 bits per heavy atom. The fraction of sp³-hybridized carbons (Fsp3) is 0.523. The van der Waals surface area contributed by atoms with Crippen LogP contribution < -0.4 is 64.6 Å². The maximum Gasteiger partial charge on any atom is 0.247 e. The van der Waals surface area contributed by atoms with Crippen LogP contribution in [0.15, 0.2) is 80.0 Å². The number of benzene rings is 2. The molecule has 42 nitrogen and oxygen atoms in total. The second kappa shape index (κ2) is 47.1. The zero-order chi connectivity index (χ0) is 95.8. The summed E-state index contributed by atoms with van der Waals surface area (Å²) in [5.74, 6) is -17.4. The Morgan fingerprint density at radius 1 is 0.679 bits per heavy atom. The van der Waals surface area contributed by atoms with Gasteiger partial charge in [0.1, 0.15) is 78.3 Å². The van der Waals surface area contributed by atoms with E-state index < -0.39 is 241 Å². The van der Waals surface area contributed by atoms with Crippen LogP contribution in [0.5, 0.6) is 5.75 Å². The standard InChI is InChI=1S/C88H121N21O21S/c1-10-13-19-69-81(124)101-66(43-111)80(123)102-67(76(119)93-39-73(90)116)44-131-45-74(117)95-62(31-50-23-25-54(113)26-24-50)83(126)104(7)49(6)75(118)97-64(35-72(89)115)85(128)108-28-17-22-70(108)82(125)96-59(34-53-38-91-47-94-53)77(120)98-61(30-48(4)5)86(129)109-41-55(114)36-88(109,46-112)103-60-32-51-37-92-58(12-3)56(51)27-29-107-40-52(57-18-15-16-21-68(57)107)33-63(99-79(122)65(42-110)100-78(60)121)84(127)106(9)71(20-14-11-2)87(130)105(69)8/h12,15-16,18,21,23-27,29,37-38,40,46-49,55,59-67,69-71,92,103,110-111,113-114H,3,10-11,13-14,17,19-20,22,28,30-36,39,41-45H2,1-2,4-9H3,(H2,89,115)(H2,90,116)(H,91,94)(H,93,119)(H,95,117)(H,96,125)(H,97,118)(H,98,120)(H,99,122)(H,100,121)(H,101,124)(H,102,123)/b29-27-/t49-,55+,59-,60-,61-,62-,63-,64-,65-,66-,67?,69-,70-,71-,88?/m0/s1. The maximum atomic E-state index is 15.8. The van der Waals surface area contributed by atoms with E-state index >= 15 is 28.8 Å². The van der Waals surface area contributed by atoms with Crippen LogP contribution >= 0.6 is 11.8 Å². The van der Waals surface area contributed by atoms with Crippen LogP contribution in [0.4, 0.5) is 0 Å². The SMILES string of the molecule is C=Cc1[nH]cc2c1/C=C\n1cc(c3ccccc31)C[C@@H]1NC(=O)[C@H](CO)NC(=O)[C@H](C2)NC2(C=O)C[C@@H](O)CN2C(=O)[C@H](CC(C)C)NC(=O)[C@H](Cc2cnc[nH]2)NC(=O)[C@@H]2CCCN2C(=O)[C@H](CC(N)=O)NC(=O)[C@H](C)N(C)C(=O)[C@H](Cc2ccc(O)cc2)NC(=O)CSCC(C(=O)NCC(N)=O)NC(=O)[C@H](CO)NC(=O)[C@H](CCCC)N(C)C(=O)[C@H](CCCC)N(C)C1=O. The van der Waals surface area contributed by atoms with Crippen molar-refractivity contribution in [2.45, 2.75) is 221 Å². The van der Waals surface area contributed by atoms with E-state index in [9.17, 15) is 73.2 Å². The lowest BCUT2D eigenvalue weighted by molar-refractivity contribution is -0.149. The first-order chi connectivity index (χ1) is 62.4. The Hall–Kier alpha value is -12.9. The number of likely N-dealkylation sites (N-methyl/N-ethyl adjacent to an activating group) is 3. The van der Waals surface area contributed by atoms with E-state index in [4.69, 9.17) is 11.5 Å². The Balaban J connectivity index is 1.14. The third-order valence-electron chi connectivity index (χ3n) is 23.8. The summed E-state index contributed by atoms with van der Waals surface area (Å²) in [6.07, 6.45) is 8.42. The number of phenolic OH excluding ortho intramolecular Hbond substituents is 1. The molecule has 43 heteroatoms. The van der Waals surface area contributed by atoms with Crippen molar-refractivity contribution in [3.05, 3.63) is 114 Å². The van der Waals surface area contributed by atoms with Crippen LogP contribution in [-0.2, 0) is 107 Å². The molecule has 131 heavy (non-hydrogen) atoms. The number of primary amides is 2. The highest BCUT2D eigenvalue weighted by atomic mass is 32.2. The van der Waals surface area contributed by atoms with Crippen molar-refractivity contribution in [1.29, 1.82) is 0 Å². The van der Waals surface area contributed by atoms with Gasteiger partial charge in [0, 0.05) is 113 Å². The fourth-order valence-electron chi connectivity index (χ4n) is 16.5. The molecule has 710 valence electrons. The number of aliphatic hydroxyl groups is 3. The van der Waals surface area contributed by atoms with Gasteiger partial charge in [0.25, 0.3) is 0 Å². The van der Waals surface area contributed by atoms with Crippen molar-refractivity contribution in [2.75, 3.05) is 65.5 Å². The summed E-state index contributed by atoms with van der Waals surface area (Å²) in [6, 6.07) is -8.44. The van der Waals surface area contributed by atoms with Crippen molar-refractivity contribution < 1.29 is 102 Å². The molecule has 4 aliphatic heterocycles. The molecule has 0 spiro atoms. The van der Waals surface area contributed by atoms with E-state index in [0.29, 0.717) is 76.5 Å². The smallest absolute Gasteiger partial charge is 0.247 e. The normalized spacial score (nSPS) is 26.3. The number of aromatic nitrogens is 4. The van der Waals surface area contributed by atoms with Gasteiger partial charge in [0.2, 0.25) is 94.5 Å². The number of nitrogens with one attached hydrogen (secondary N) is 12. The number of aldehydes is 1. The number of H-pyrrole nitrogens is 2. The van der Waals surface area contributed by atoms with Crippen molar-refractivity contribution in [1.82, 2.24) is 97.2 Å². The first-order valence-electron chi connectivity index (χ1n) is 43.6. The van der Waals surface area contributed by atoms with E-state index in [1.54, 1.807) is 74.3 Å². The Labute approximate surface area is 760 Å². The average molecular weight is 1840 g/mol. The average Bonchev–Trinajstić information content (AvgIpc) is 1.62. The minimum absolute atomic E-state index is 0.0311. The number of aliphatic hydroxyl groups excluding tert-OH is 3. The first kappa shape index (κ1) is 102. The van der Waals surface area contributed by atoms with Crippen molar-refractivity contribution in [3.63, 3.8) is 0 Å². The molecule has 15 atom stereocenters. The number of hydrogen-bond donors (Lipinski definition) is 18. The van der Waals surface area contributed by atoms with E-state index in [-0.39, 0.29) is 70.1 Å². The van der Waals surface area contributed by atoms with Crippen LogP contribution in [0.25, 0.3) is 29.3 Å². The highest BCUT2D eigenvalue weighted by Crippen LogP contribution is 2.32. The molecule has 16 amide bonds. The van der Waals surface area contributed by atoms with Crippen LogP contribution in [-0.4, -0.2) is 321 Å². The molecule has 3 saturated heterocycles. The summed E-state index contributed by atoms with van der Waals surface area (Å²) in [6.45, 7) is 8.67. The number of phenols is 1. The highest BCUT2D eigenvalue weighted by Gasteiger charge is 2.53. The number of aromatic amines is 2. The first-order valence-corrected chi connectivity index (χ1v) is 44.8. The number of unbranched alkanes of at least 4 members (excludes halogenated alkanes) is 2. The van der Waals surface area contributed by atoms with Gasteiger partial charge in [-0.05, 0) is 98.4 Å². The molecular formula is C88H121N21O21S. The summed E-state index contributed by atoms with van der Waals surface area (Å²) >= 11 is 0.728. The topological polar surface area (TPSA) is 609 Å². The van der Waals surface area contributed by atoms with Crippen LogP contribution in [0, 0.1) is 5.92 Å². The third kappa shape index (κ3) is 26.3. The highest BCUT2D eigenvalue weighted by molar-refractivity contribution is 8.00. The van der Waals surface area contributed by atoms with Crippen LogP contribution in [0.3, 0.4) is 0 Å². The van der Waals surface area contributed by atoms with E-state index in [0.717, 1.165) is 36.3 Å². The quantitative estimate of drug-likeness (QED) is 0.0320. The molecule has 0 saturated carbocycles. The number of nitrogens with two attached hydrogens (primary N) is 2. The maximum absolute atomic E-state index is 15.8. The van der Waals surface area contributed by atoms with Gasteiger partial charge in [-0.15, -0.1) is 11.8 Å². The third-order valence-corrected chi connectivity index (χ3v) is 24.8. The molecule has 3 aromatic heterocycles. The van der Waals surface area contributed by atoms with E-state index in [1.165, 1.54) is 70.9 Å². The number of aromatic hydroxyl groups is 1. The molecule has 7 heterocycles. The predicted molar refractivity (Wildman–Crippen MR) is 479 cm³/mol. The number of imidazole rings is 1. The number of para-hydroxylation sites is 1. The molecule has 0 aliphatic carbocycles. The summed E-state index contributed by atoms with van der Waals surface area (Å²) < 4.78 is 1.75. The van der Waals surface area contributed by atoms with Crippen molar-refractivity contribution in [3.8, 4) is 5.75 Å². The summed E-state index contributed by atoms with van der Waals surface area (Å²) in [5, 5.41) is 71.0. The van der Waals surface area contributed by atoms with Crippen molar-refractivity contribution >= 4 is 142 Å². The Kier molecular flexibility index (Phi) is 36.6. The molecule has 2 aromatic carbocycles. The number of carbonyl (C=O) groups is 17. The number of rotatable bonds is 21. The Bertz CT molecular complexity index is 5020. The zero-order valence-electron chi connectivity index (χ0n) is 74.6. The minimum atomic E-state index is -2.34. The van der Waals surface area contributed by atoms with E-state index in [2.05, 4.69) is 74.7 Å². The van der Waals surface area contributed by atoms with Gasteiger partial charge in [-0.3, -0.25) is 86.8 Å². The number of amides is 16. The number of hydrogen-bond acceptors (Lipinski definition) is 24. The lowest BCUT2D eigenvalue weighted by Gasteiger charge is -2.39. The summed E-state index contributed by atoms with van der Waals surface area (Å²) in [7, 11) is 3.83. The molecule has 9 rings (SSSR count). The molecule has 5 aromatic rings. The number of thioether (sulfide) groups is 1. The van der Waals surface area contributed by atoms with Crippen LogP contribution in [0.2, 0.25) is 0 Å². The fourth-order valence-corrected chi connectivity index (χ4v) is 17.4. The van der Waals surface area contributed by atoms with Gasteiger partial charge < -0.3 is 119 Å². The molecule has 20 N–H and O–H groups in total. The molecule has 0 radical (unpaired) electrons. The second-order valence-electron chi connectivity index (χ2n) is 33.8. The van der Waals surface area contributed by atoms with Crippen molar-refractivity contribution in [2.24, 2.45) is 17.4 Å². The van der Waals surface area contributed by atoms with Gasteiger partial charge in [0.05, 0.1) is 55.9 Å². The second-order valence-corrected chi connectivity index (χ2v) is 34.8. The number of carbonyl (C=O) groups excluding carboxylic acids is 17. The molecule has 4 aliphatic rings. The molecule has 4 bridgehead atoms. The minimum Gasteiger partial charge on any atom is -0.508 e. The van der Waals surface area contributed by atoms with Gasteiger partial charge >= 0.3 is 0 Å². The number of nitrogens with zero attached hydrogens (tertiary/aromatic N) is 7.